The van der Waals surface area contributed by atoms with Crippen LogP contribution in [0.15, 0.2) is 0 Å². The molecule has 70 valence electrons. The Bertz CT molecular complexity index is 167. The second-order valence-electron chi connectivity index (χ2n) is 2.14. The van der Waals surface area contributed by atoms with E-state index in [1.54, 1.807) is 0 Å². The van der Waals surface area contributed by atoms with E-state index >= 15 is 0 Å². The van der Waals surface area contributed by atoms with E-state index < -0.39 is 10.1 Å². The fraction of sp³-hybridized carbons (Fsp3) is 1.00. The zero-order valence-electron chi connectivity index (χ0n) is 6.49. The van der Waals surface area contributed by atoms with Crippen molar-refractivity contribution >= 4 is 10.1 Å². The molecule has 0 atom stereocenters. The summed E-state index contributed by atoms with van der Waals surface area (Å²) in [7, 11) is -3.75. The highest BCUT2D eigenvalue weighted by Gasteiger charge is 2.01. The number of unbranched alkanes of at least 4 members (excludes halogenated alkanes) is 2. The van der Waals surface area contributed by atoms with Crippen molar-refractivity contribution in [2.75, 3.05) is 12.3 Å². The van der Waals surface area contributed by atoms with E-state index in [4.69, 9.17) is 10.3 Å². The van der Waals surface area contributed by atoms with Crippen LogP contribution in [0.2, 0.25) is 0 Å². The van der Waals surface area contributed by atoms with Crippen molar-refractivity contribution in [2.45, 2.75) is 19.3 Å². The van der Waals surface area contributed by atoms with Gasteiger partial charge < -0.3 is 11.9 Å². The molecule has 0 aliphatic carbocycles. The SMILES string of the molecule is N.NCCCCCS(=O)(=O)O. The van der Waals surface area contributed by atoms with Crippen molar-refractivity contribution in [1.82, 2.24) is 6.15 Å². The third kappa shape index (κ3) is 12.9. The first-order valence-electron chi connectivity index (χ1n) is 3.21. The van der Waals surface area contributed by atoms with E-state index in [1.807, 2.05) is 0 Å². The van der Waals surface area contributed by atoms with Crippen LogP contribution in [0.25, 0.3) is 0 Å². The molecule has 0 fully saturated rings. The highest BCUT2D eigenvalue weighted by Crippen LogP contribution is 1.96. The molecular weight excluding hydrogens is 168 g/mol. The molecule has 0 aliphatic heterocycles. The molecule has 11 heavy (non-hydrogen) atoms. The molecule has 0 amide bonds. The lowest BCUT2D eigenvalue weighted by Crippen LogP contribution is -2.05. The molecule has 0 unspecified atom stereocenters. The first kappa shape index (κ1) is 13.4. The monoisotopic (exact) mass is 184 g/mol. The van der Waals surface area contributed by atoms with Gasteiger partial charge in [0.25, 0.3) is 10.1 Å². The molecule has 5 nitrogen and oxygen atoms in total. The molecular formula is C5H16N2O3S. The van der Waals surface area contributed by atoms with Crippen molar-refractivity contribution < 1.29 is 13.0 Å². The number of hydrogen-bond acceptors (Lipinski definition) is 4. The Morgan fingerprint density at radius 2 is 1.73 bits per heavy atom. The summed E-state index contributed by atoms with van der Waals surface area (Å²) >= 11 is 0. The Hall–Kier alpha value is -0.170. The van der Waals surface area contributed by atoms with E-state index in [0.29, 0.717) is 13.0 Å². The molecule has 0 aliphatic rings. The fourth-order valence-electron chi connectivity index (χ4n) is 0.606. The topological polar surface area (TPSA) is 115 Å². The predicted octanol–water partition coefficient (Wildman–Crippen LogP) is 0.165. The second kappa shape index (κ2) is 6.53. The van der Waals surface area contributed by atoms with Gasteiger partial charge in [0.1, 0.15) is 0 Å². The lowest BCUT2D eigenvalue weighted by molar-refractivity contribution is 0.479. The highest BCUT2D eigenvalue weighted by molar-refractivity contribution is 7.85. The average Bonchev–Trinajstić information content (AvgIpc) is 1.78. The van der Waals surface area contributed by atoms with Crippen molar-refractivity contribution in [3.8, 4) is 0 Å². The zero-order valence-corrected chi connectivity index (χ0v) is 7.31. The van der Waals surface area contributed by atoms with Gasteiger partial charge in [-0.25, -0.2) is 0 Å². The summed E-state index contributed by atoms with van der Waals surface area (Å²) in [5.74, 6) is -0.146. The van der Waals surface area contributed by atoms with Crippen molar-refractivity contribution in [1.29, 1.82) is 0 Å². The molecule has 6 N–H and O–H groups in total. The van der Waals surface area contributed by atoms with E-state index in [-0.39, 0.29) is 11.9 Å². The van der Waals surface area contributed by atoms with Crippen molar-refractivity contribution in [2.24, 2.45) is 5.73 Å². The van der Waals surface area contributed by atoms with Crippen LogP contribution in [0, 0.1) is 0 Å². The Kier molecular flexibility index (Phi) is 7.97. The molecule has 0 rings (SSSR count). The molecule has 0 saturated heterocycles. The maximum Gasteiger partial charge on any atom is 0.264 e. The van der Waals surface area contributed by atoms with Crippen molar-refractivity contribution in [3.05, 3.63) is 0 Å². The minimum atomic E-state index is -3.75. The van der Waals surface area contributed by atoms with Crippen LogP contribution in [0.3, 0.4) is 0 Å². The van der Waals surface area contributed by atoms with Gasteiger partial charge in [-0.05, 0) is 19.4 Å². The summed E-state index contributed by atoms with van der Waals surface area (Å²) in [6, 6.07) is 0. The van der Waals surface area contributed by atoms with E-state index in [2.05, 4.69) is 0 Å². The maximum atomic E-state index is 10.1. The van der Waals surface area contributed by atoms with Crippen molar-refractivity contribution in [3.63, 3.8) is 0 Å². The molecule has 0 bridgehead atoms. The Morgan fingerprint density at radius 1 is 1.18 bits per heavy atom. The molecule has 6 heteroatoms. The minimum Gasteiger partial charge on any atom is -0.344 e. The fourth-order valence-corrected chi connectivity index (χ4v) is 1.17. The van der Waals surface area contributed by atoms with Gasteiger partial charge >= 0.3 is 0 Å². The van der Waals surface area contributed by atoms with Crippen LogP contribution < -0.4 is 11.9 Å². The van der Waals surface area contributed by atoms with Gasteiger partial charge in [0, 0.05) is 0 Å². The first-order chi connectivity index (χ1) is 4.56. The number of rotatable bonds is 5. The molecule has 0 heterocycles. The smallest absolute Gasteiger partial charge is 0.264 e. The highest BCUT2D eigenvalue weighted by atomic mass is 32.2. The first-order valence-corrected chi connectivity index (χ1v) is 4.82. The summed E-state index contributed by atoms with van der Waals surface area (Å²) in [6.45, 7) is 0.575. The third-order valence-corrected chi connectivity index (χ3v) is 1.91. The summed E-state index contributed by atoms with van der Waals surface area (Å²) in [4.78, 5) is 0. The van der Waals surface area contributed by atoms with E-state index in [1.165, 1.54) is 0 Å². The van der Waals surface area contributed by atoms with Crippen LogP contribution in [-0.4, -0.2) is 25.3 Å². The summed E-state index contributed by atoms with van der Waals surface area (Å²) < 4.78 is 28.5. The van der Waals surface area contributed by atoms with Crippen LogP contribution in [0.4, 0.5) is 0 Å². The predicted molar refractivity (Wildman–Crippen MR) is 44.3 cm³/mol. The molecule has 0 saturated carbocycles. The molecule has 0 aromatic rings. The maximum absolute atomic E-state index is 10.1. The van der Waals surface area contributed by atoms with Gasteiger partial charge in [-0.15, -0.1) is 0 Å². The number of hydrogen-bond donors (Lipinski definition) is 3. The zero-order chi connectivity index (χ0) is 8.04. The van der Waals surface area contributed by atoms with Crippen LogP contribution in [-0.2, 0) is 10.1 Å². The third-order valence-electron chi connectivity index (χ3n) is 1.11. The van der Waals surface area contributed by atoms with Gasteiger partial charge in [-0.2, -0.15) is 8.42 Å². The summed E-state index contributed by atoms with van der Waals surface area (Å²) in [5.41, 5.74) is 5.17. The molecule has 0 aromatic heterocycles. The second-order valence-corrected chi connectivity index (χ2v) is 3.71. The summed E-state index contributed by atoms with van der Waals surface area (Å²) in [5, 5.41) is 0. The summed E-state index contributed by atoms with van der Waals surface area (Å²) in [6.07, 6.45) is 2.07. The molecule has 0 radical (unpaired) electrons. The molecule has 0 aromatic carbocycles. The lowest BCUT2D eigenvalue weighted by Gasteiger charge is -1.95. The standard InChI is InChI=1S/C5H13NO3S.H3N/c6-4-2-1-3-5-10(7,8)9;/h1-6H2,(H,7,8,9);1H3. The van der Waals surface area contributed by atoms with Gasteiger partial charge in [-0.1, -0.05) is 6.42 Å². The quantitative estimate of drug-likeness (QED) is 0.416. The van der Waals surface area contributed by atoms with E-state index in [0.717, 1.165) is 12.8 Å². The average molecular weight is 184 g/mol. The van der Waals surface area contributed by atoms with Gasteiger partial charge in [0.05, 0.1) is 5.75 Å². The Morgan fingerprint density at radius 3 is 2.09 bits per heavy atom. The Balaban J connectivity index is 0. The van der Waals surface area contributed by atoms with Crippen LogP contribution in [0.5, 0.6) is 0 Å². The van der Waals surface area contributed by atoms with Crippen LogP contribution in [0.1, 0.15) is 19.3 Å². The van der Waals surface area contributed by atoms with Gasteiger partial charge in [0.15, 0.2) is 0 Å². The largest absolute Gasteiger partial charge is 0.344 e. The van der Waals surface area contributed by atoms with Crippen LogP contribution >= 0.6 is 0 Å². The van der Waals surface area contributed by atoms with Gasteiger partial charge in [-0.3, -0.25) is 4.55 Å². The number of nitrogens with two attached hydrogens (primary N) is 1. The normalized spacial score (nSPS) is 10.7. The molecule has 0 spiro atoms. The van der Waals surface area contributed by atoms with Gasteiger partial charge in [0.2, 0.25) is 0 Å². The van der Waals surface area contributed by atoms with E-state index in [9.17, 15) is 8.42 Å². The lowest BCUT2D eigenvalue weighted by atomic mass is 10.2. The minimum absolute atomic E-state index is 0. The Labute approximate surface area is 67.3 Å².